The van der Waals surface area contributed by atoms with Crippen LogP contribution in [0.4, 0.5) is 10.8 Å². The maximum Gasteiger partial charge on any atom is 0.283 e. The van der Waals surface area contributed by atoms with Crippen LogP contribution in [-0.4, -0.2) is 26.5 Å². The Bertz CT molecular complexity index is 1530. The van der Waals surface area contributed by atoms with Crippen molar-refractivity contribution in [2.24, 2.45) is 0 Å². The molecule has 0 spiro atoms. The van der Waals surface area contributed by atoms with Crippen molar-refractivity contribution >= 4 is 43.9 Å². The zero-order chi connectivity index (χ0) is 23.5. The molecule has 0 bridgehead atoms. The smallest absolute Gasteiger partial charge is 0.283 e. The monoisotopic (exact) mass is 469 g/mol. The lowest BCUT2D eigenvalue weighted by Crippen LogP contribution is -2.32. The third-order valence-electron chi connectivity index (χ3n) is 5.57. The molecular formula is C26H23N5O2S. The van der Waals surface area contributed by atoms with E-state index in [2.05, 4.69) is 32.8 Å². The minimum atomic E-state index is -0.206. The van der Waals surface area contributed by atoms with Gasteiger partial charge in [-0.3, -0.25) is 9.59 Å². The molecule has 170 valence electrons. The summed E-state index contributed by atoms with van der Waals surface area (Å²) in [5, 5.41) is 11.7. The molecule has 0 aliphatic heterocycles. The van der Waals surface area contributed by atoms with Gasteiger partial charge in [0.25, 0.3) is 11.5 Å². The van der Waals surface area contributed by atoms with Crippen molar-refractivity contribution in [1.82, 2.24) is 19.9 Å². The maximum atomic E-state index is 12.8. The first-order valence-electron chi connectivity index (χ1n) is 11.1. The first kappa shape index (κ1) is 21.8. The first-order chi connectivity index (χ1) is 16.6. The van der Waals surface area contributed by atoms with Gasteiger partial charge in [-0.15, -0.1) is 5.10 Å². The SMILES string of the molecule is C[C@@H](CCc1ccccc1)NC(=O)c1cccc(Nc2nn3c(=O)c4ccccc4nc3s2)c1. The molecular weight excluding hydrogens is 446 g/mol. The highest BCUT2D eigenvalue weighted by Crippen LogP contribution is 2.23. The summed E-state index contributed by atoms with van der Waals surface area (Å²) in [7, 11) is 0. The van der Waals surface area contributed by atoms with Crippen LogP contribution in [0.2, 0.25) is 0 Å². The van der Waals surface area contributed by atoms with E-state index in [9.17, 15) is 9.59 Å². The van der Waals surface area contributed by atoms with Crippen molar-refractivity contribution in [3.63, 3.8) is 0 Å². The largest absolute Gasteiger partial charge is 0.350 e. The molecule has 2 heterocycles. The summed E-state index contributed by atoms with van der Waals surface area (Å²) >= 11 is 1.28. The molecule has 2 N–H and O–H groups in total. The number of nitrogens with one attached hydrogen (secondary N) is 2. The van der Waals surface area contributed by atoms with Crippen LogP contribution >= 0.6 is 11.3 Å². The molecule has 7 nitrogen and oxygen atoms in total. The molecule has 0 saturated carbocycles. The molecule has 0 fully saturated rings. The van der Waals surface area contributed by atoms with Gasteiger partial charge in [-0.1, -0.05) is 59.9 Å². The highest BCUT2D eigenvalue weighted by Gasteiger charge is 2.13. The van der Waals surface area contributed by atoms with Gasteiger partial charge in [-0.25, -0.2) is 4.98 Å². The second-order valence-electron chi connectivity index (χ2n) is 8.14. The van der Waals surface area contributed by atoms with Gasteiger partial charge in [0.15, 0.2) is 0 Å². The zero-order valence-corrected chi connectivity index (χ0v) is 19.4. The quantitative estimate of drug-likeness (QED) is 0.358. The lowest BCUT2D eigenvalue weighted by Gasteiger charge is -2.14. The average molecular weight is 470 g/mol. The van der Waals surface area contributed by atoms with E-state index < -0.39 is 0 Å². The van der Waals surface area contributed by atoms with Gasteiger partial charge in [0, 0.05) is 17.3 Å². The van der Waals surface area contributed by atoms with Gasteiger partial charge in [0.2, 0.25) is 10.1 Å². The van der Waals surface area contributed by atoms with Gasteiger partial charge >= 0.3 is 0 Å². The fourth-order valence-electron chi connectivity index (χ4n) is 3.77. The lowest BCUT2D eigenvalue weighted by atomic mass is 10.1. The van der Waals surface area contributed by atoms with Crippen LogP contribution in [0.5, 0.6) is 0 Å². The van der Waals surface area contributed by atoms with Crippen molar-refractivity contribution < 1.29 is 4.79 Å². The van der Waals surface area contributed by atoms with E-state index in [0.717, 1.165) is 12.8 Å². The second-order valence-corrected chi connectivity index (χ2v) is 9.10. The second kappa shape index (κ2) is 9.44. The van der Waals surface area contributed by atoms with Crippen LogP contribution in [0.3, 0.4) is 0 Å². The third-order valence-corrected chi connectivity index (χ3v) is 6.39. The number of nitrogens with zero attached hydrogens (tertiary/aromatic N) is 3. The number of hydrogen-bond donors (Lipinski definition) is 2. The summed E-state index contributed by atoms with van der Waals surface area (Å²) in [5.74, 6) is -0.127. The third kappa shape index (κ3) is 4.67. The van der Waals surface area contributed by atoms with Crippen LogP contribution < -0.4 is 16.2 Å². The molecule has 8 heteroatoms. The Hall–Kier alpha value is -4.04. The number of amides is 1. The number of benzene rings is 3. The Kier molecular flexibility index (Phi) is 6.05. The van der Waals surface area contributed by atoms with Crippen LogP contribution in [-0.2, 0) is 6.42 Å². The van der Waals surface area contributed by atoms with Gasteiger partial charge in [-0.05, 0) is 55.7 Å². The van der Waals surface area contributed by atoms with Gasteiger partial charge in [0.05, 0.1) is 10.9 Å². The van der Waals surface area contributed by atoms with Crippen molar-refractivity contribution in [3.05, 3.63) is 100 Å². The van der Waals surface area contributed by atoms with Crippen molar-refractivity contribution in [2.75, 3.05) is 5.32 Å². The van der Waals surface area contributed by atoms with E-state index in [1.807, 2.05) is 55.5 Å². The molecule has 0 aliphatic carbocycles. The number of fused-ring (bicyclic) bond motifs is 2. The van der Waals surface area contributed by atoms with Crippen LogP contribution in [0.1, 0.15) is 29.3 Å². The molecule has 5 aromatic rings. The minimum absolute atomic E-state index is 0.0423. The van der Waals surface area contributed by atoms with E-state index in [4.69, 9.17) is 0 Å². The van der Waals surface area contributed by atoms with E-state index in [-0.39, 0.29) is 17.5 Å². The standard InChI is InChI=1S/C26H23N5O2S/c1-17(14-15-18-8-3-2-4-9-18)27-23(32)19-10-7-11-20(16-19)28-25-30-31-24(33)21-12-5-6-13-22(21)29-26(31)34-25/h2-13,16-17H,14-15H2,1H3,(H,27,32)(H,28,30)/t17-/m0/s1. The van der Waals surface area contributed by atoms with E-state index >= 15 is 0 Å². The Morgan fingerprint density at radius 3 is 2.68 bits per heavy atom. The summed E-state index contributed by atoms with van der Waals surface area (Å²) in [4.78, 5) is 30.6. The summed E-state index contributed by atoms with van der Waals surface area (Å²) in [6.07, 6.45) is 1.76. The molecule has 0 radical (unpaired) electrons. The van der Waals surface area contributed by atoms with Gasteiger partial charge < -0.3 is 10.6 Å². The maximum absolute atomic E-state index is 12.8. The number of rotatable bonds is 7. The van der Waals surface area contributed by atoms with Crippen LogP contribution in [0, 0.1) is 0 Å². The Morgan fingerprint density at radius 1 is 1.03 bits per heavy atom. The van der Waals surface area contributed by atoms with E-state index in [0.29, 0.717) is 32.2 Å². The zero-order valence-electron chi connectivity index (χ0n) is 18.6. The summed E-state index contributed by atoms with van der Waals surface area (Å²) in [6.45, 7) is 2.01. The highest BCUT2D eigenvalue weighted by atomic mass is 32.1. The molecule has 3 aromatic carbocycles. The molecule has 0 aliphatic rings. The number of aromatic nitrogens is 3. The minimum Gasteiger partial charge on any atom is -0.350 e. The Morgan fingerprint density at radius 2 is 1.82 bits per heavy atom. The van der Waals surface area contributed by atoms with Crippen LogP contribution in [0.25, 0.3) is 15.9 Å². The average Bonchev–Trinajstić information content (AvgIpc) is 3.26. The predicted octanol–water partition coefficient (Wildman–Crippen LogP) is 4.80. The number of carbonyl (C=O) groups is 1. The number of para-hydroxylation sites is 1. The van der Waals surface area contributed by atoms with Crippen LogP contribution in [0.15, 0.2) is 83.7 Å². The number of anilines is 2. The Balaban J connectivity index is 1.28. The van der Waals surface area contributed by atoms with Crippen molar-refractivity contribution in [2.45, 2.75) is 25.8 Å². The van der Waals surface area contributed by atoms with E-state index in [1.54, 1.807) is 18.2 Å². The van der Waals surface area contributed by atoms with Gasteiger partial charge in [0.1, 0.15) is 0 Å². The number of hydrogen-bond acceptors (Lipinski definition) is 6. The molecule has 0 saturated heterocycles. The Labute approximate surface area is 200 Å². The summed E-state index contributed by atoms with van der Waals surface area (Å²) in [6, 6.07) is 24.7. The molecule has 0 unspecified atom stereocenters. The topological polar surface area (TPSA) is 88.4 Å². The summed E-state index contributed by atoms with van der Waals surface area (Å²) in [5.41, 5.74) is 2.96. The number of carbonyl (C=O) groups excluding carboxylic acids is 1. The molecule has 2 aromatic heterocycles. The fourth-order valence-corrected chi connectivity index (χ4v) is 4.59. The highest BCUT2D eigenvalue weighted by molar-refractivity contribution is 7.20. The molecule has 1 amide bonds. The van der Waals surface area contributed by atoms with Crippen molar-refractivity contribution in [1.29, 1.82) is 0 Å². The van der Waals surface area contributed by atoms with Crippen molar-refractivity contribution in [3.8, 4) is 0 Å². The number of aryl methyl sites for hydroxylation is 1. The lowest BCUT2D eigenvalue weighted by molar-refractivity contribution is 0.0938. The fraction of sp³-hybridized carbons (Fsp3) is 0.154. The summed E-state index contributed by atoms with van der Waals surface area (Å²) < 4.78 is 1.31. The molecule has 1 atom stereocenters. The molecule has 34 heavy (non-hydrogen) atoms. The predicted molar refractivity (Wildman–Crippen MR) is 136 cm³/mol. The normalized spacial score (nSPS) is 12.0. The van der Waals surface area contributed by atoms with E-state index in [1.165, 1.54) is 21.4 Å². The van der Waals surface area contributed by atoms with Gasteiger partial charge in [-0.2, -0.15) is 4.52 Å². The first-order valence-corrected chi connectivity index (χ1v) is 11.9. The molecule has 5 rings (SSSR count).